The third-order valence-corrected chi connectivity index (χ3v) is 9.65. The van der Waals surface area contributed by atoms with Gasteiger partial charge < -0.3 is 9.64 Å². The Balaban J connectivity index is 1.30. The number of halogens is 3. The van der Waals surface area contributed by atoms with Crippen LogP contribution in [0.5, 0.6) is 5.88 Å². The van der Waals surface area contributed by atoms with Gasteiger partial charge in [-0.2, -0.15) is 18.3 Å². The number of nitrogens with one attached hydrogen (secondary N) is 1. The van der Waals surface area contributed by atoms with Gasteiger partial charge in [0.15, 0.2) is 5.82 Å². The summed E-state index contributed by atoms with van der Waals surface area (Å²) in [4.78, 5) is 20.1. The Morgan fingerprint density at radius 3 is 2.51 bits per heavy atom. The molecule has 3 fully saturated rings. The van der Waals surface area contributed by atoms with E-state index in [1.54, 1.807) is 14.0 Å². The second-order valence-electron chi connectivity index (χ2n) is 11.5. The predicted octanol–water partition coefficient (Wildman–Crippen LogP) is 3.53. The van der Waals surface area contributed by atoms with Gasteiger partial charge in [0.1, 0.15) is 22.7 Å². The maximum Gasteiger partial charge on any atom is 0.397 e. The van der Waals surface area contributed by atoms with Gasteiger partial charge >= 0.3 is 6.18 Å². The third-order valence-electron chi connectivity index (χ3n) is 8.22. The number of carbonyl (C=O) groups is 1. The fourth-order valence-electron chi connectivity index (χ4n) is 5.67. The minimum Gasteiger partial charge on any atom is -0.476 e. The first kappa shape index (κ1) is 27.5. The van der Waals surface area contributed by atoms with Gasteiger partial charge in [0.05, 0.1) is 11.3 Å². The number of pyridine rings is 1. The van der Waals surface area contributed by atoms with E-state index in [0.717, 1.165) is 19.3 Å². The molecule has 1 aliphatic heterocycles. The van der Waals surface area contributed by atoms with Crippen LogP contribution in [0.25, 0.3) is 5.82 Å². The fraction of sp³-hybridized carbons (Fsp3) is 0.538. The number of nitrogens with zero attached hydrogens (tertiary/aromatic N) is 6. The standard InChI is InChI=1S/C26H30F3N7O4S/c1-16-12-25(9-10-25)35(13-16)22-18(23(37)33-41(38,39)19-14-34(3)31-17(19)2)4-5-20(30-22)36-11-6-21(32-36)40-15-24(7-8-24)26(27,28)29/h4-6,11,14,16H,7-10,12-13,15H2,1-3H3,(H,33,37). The van der Waals surface area contributed by atoms with Crippen LogP contribution >= 0.6 is 0 Å². The van der Waals surface area contributed by atoms with Crippen molar-refractivity contribution in [2.75, 3.05) is 18.1 Å². The van der Waals surface area contributed by atoms with Gasteiger partial charge in [-0.15, -0.1) is 5.10 Å². The lowest BCUT2D eigenvalue weighted by molar-refractivity contribution is -0.194. The highest BCUT2D eigenvalue weighted by Gasteiger charge is 2.64. The summed E-state index contributed by atoms with van der Waals surface area (Å²) in [6.45, 7) is 3.78. The van der Waals surface area contributed by atoms with Crippen molar-refractivity contribution in [1.29, 1.82) is 0 Å². The summed E-state index contributed by atoms with van der Waals surface area (Å²) in [5.74, 6) is 0.173. The second-order valence-corrected chi connectivity index (χ2v) is 13.2. The van der Waals surface area contributed by atoms with Crippen LogP contribution in [0.3, 0.4) is 0 Å². The van der Waals surface area contributed by atoms with E-state index >= 15 is 0 Å². The quantitative estimate of drug-likeness (QED) is 0.421. The monoisotopic (exact) mass is 593 g/mol. The number of rotatable bonds is 8. The minimum atomic E-state index is -4.34. The number of amides is 1. The number of hydrogen-bond donors (Lipinski definition) is 1. The molecule has 1 amide bonds. The first-order chi connectivity index (χ1) is 19.2. The second kappa shape index (κ2) is 9.19. The van der Waals surface area contributed by atoms with Gasteiger partial charge in [-0.1, -0.05) is 6.92 Å². The first-order valence-electron chi connectivity index (χ1n) is 13.3. The maximum atomic E-state index is 13.4. The molecule has 1 N–H and O–H groups in total. The van der Waals surface area contributed by atoms with E-state index in [-0.39, 0.29) is 40.4 Å². The zero-order chi connectivity index (χ0) is 29.4. The molecule has 1 unspecified atom stereocenters. The molecule has 1 saturated heterocycles. The highest BCUT2D eigenvalue weighted by molar-refractivity contribution is 7.90. The largest absolute Gasteiger partial charge is 0.476 e. The van der Waals surface area contributed by atoms with Gasteiger partial charge in [-0.25, -0.2) is 22.8 Å². The highest BCUT2D eigenvalue weighted by Crippen LogP contribution is 2.57. The molecule has 1 spiro atoms. The van der Waals surface area contributed by atoms with Crippen molar-refractivity contribution in [3.05, 3.63) is 41.9 Å². The van der Waals surface area contributed by atoms with Crippen LogP contribution in [0.2, 0.25) is 0 Å². The van der Waals surface area contributed by atoms with Crippen LogP contribution < -0.4 is 14.4 Å². The summed E-state index contributed by atoms with van der Waals surface area (Å²) in [5.41, 5.74) is -1.63. The highest BCUT2D eigenvalue weighted by atomic mass is 32.2. The Morgan fingerprint density at radius 2 is 1.90 bits per heavy atom. The van der Waals surface area contributed by atoms with E-state index in [2.05, 4.69) is 26.7 Å². The minimum absolute atomic E-state index is 0.0251. The Bertz CT molecular complexity index is 1620. The van der Waals surface area contributed by atoms with E-state index in [1.807, 2.05) is 0 Å². The average molecular weight is 594 g/mol. The number of carbonyl (C=O) groups excluding carboxylic acids is 1. The van der Waals surface area contributed by atoms with E-state index in [9.17, 15) is 26.4 Å². The van der Waals surface area contributed by atoms with Crippen molar-refractivity contribution in [2.24, 2.45) is 18.4 Å². The number of hydrogen-bond acceptors (Lipinski definition) is 8. The Labute approximate surface area is 234 Å². The van der Waals surface area contributed by atoms with Gasteiger partial charge in [-0.3, -0.25) is 9.48 Å². The molecule has 2 aliphatic carbocycles. The summed E-state index contributed by atoms with van der Waals surface area (Å²) in [6, 6.07) is 4.45. The Hall–Kier alpha value is -3.62. The average Bonchev–Trinajstić information content (AvgIpc) is 3.72. The third kappa shape index (κ3) is 4.93. The van der Waals surface area contributed by atoms with E-state index in [4.69, 9.17) is 9.72 Å². The molecule has 3 aromatic heterocycles. The topological polar surface area (TPSA) is 124 Å². The molecular weight excluding hydrogens is 563 g/mol. The number of ether oxygens (including phenoxy) is 1. The maximum absolute atomic E-state index is 13.4. The molecule has 11 nitrogen and oxygen atoms in total. The summed E-state index contributed by atoms with van der Waals surface area (Å²) in [5, 5.41) is 8.31. The molecule has 220 valence electrons. The molecule has 41 heavy (non-hydrogen) atoms. The van der Waals surface area contributed by atoms with Crippen molar-refractivity contribution >= 4 is 21.7 Å². The molecule has 4 heterocycles. The molecule has 0 aromatic carbocycles. The lowest BCUT2D eigenvalue weighted by Crippen LogP contribution is -2.36. The van der Waals surface area contributed by atoms with Crippen LogP contribution in [0.4, 0.5) is 19.0 Å². The first-order valence-corrected chi connectivity index (χ1v) is 14.8. The molecule has 6 rings (SSSR count). The number of sulfonamides is 1. The number of alkyl halides is 3. The van der Waals surface area contributed by atoms with E-state index < -0.39 is 34.1 Å². The van der Waals surface area contributed by atoms with Crippen molar-refractivity contribution in [1.82, 2.24) is 29.3 Å². The summed E-state index contributed by atoms with van der Waals surface area (Å²) in [6.07, 6.45) is 1.34. The van der Waals surface area contributed by atoms with Crippen LogP contribution in [0.1, 0.15) is 55.1 Å². The Kier molecular flexibility index (Phi) is 6.18. The van der Waals surface area contributed by atoms with Crippen molar-refractivity contribution in [2.45, 2.75) is 62.6 Å². The molecule has 3 aliphatic rings. The number of aromatic nitrogens is 5. The van der Waals surface area contributed by atoms with Gasteiger partial charge in [0.25, 0.3) is 15.9 Å². The predicted molar refractivity (Wildman–Crippen MR) is 140 cm³/mol. The lowest BCUT2D eigenvalue weighted by Gasteiger charge is -2.27. The normalized spacial score (nSPS) is 20.8. The van der Waals surface area contributed by atoms with Crippen LogP contribution in [0.15, 0.2) is 35.5 Å². The lowest BCUT2D eigenvalue weighted by atomic mass is 10.1. The van der Waals surface area contributed by atoms with E-state index in [1.165, 1.54) is 40.0 Å². The van der Waals surface area contributed by atoms with E-state index in [0.29, 0.717) is 24.1 Å². The molecule has 2 saturated carbocycles. The summed E-state index contributed by atoms with van der Waals surface area (Å²) < 4.78 is 76.2. The number of anilines is 1. The molecule has 3 aromatic rings. The van der Waals surface area contributed by atoms with Gasteiger partial charge in [-0.05, 0) is 57.1 Å². The number of aryl methyl sites for hydroxylation is 2. The molecule has 1 atom stereocenters. The van der Waals surface area contributed by atoms with Crippen molar-refractivity contribution < 1.29 is 31.1 Å². The van der Waals surface area contributed by atoms with Crippen molar-refractivity contribution in [3.8, 4) is 11.7 Å². The molecule has 15 heteroatoms. The van der Waals surface area contributed by atoms with Crippen molar-refractivity contribution in [3.63, 3.8) is 0 Å². The van der Waals surface area contributed by atoms with Gasteiger partial charge in [0, 0.05) is 37.6 Å². The molecule has 0 radical (unpaired) electrons. The molecule has 0 bridgehead atoms. The molecular formula is C26H30F3N7O4S. The zero-order valence-corrected chi connectivity index (χ0v) is 23.6. The zero-order valence-electron chi connectivity index (χ0n) is 22.8. The SMILES string of the molecule is Cc1nn(C)cc1S(=O)(=O)NC(=O)c1ccc(-n2ccc(OCC3(C(F)(F)F)CC3)n2)nc1N1CC(C)CC12CC2. The summed E-state index contributed by atoms with van der Waals surface area (Å²) in [7, 11) is -2.62. The fourth-order valence-corrected chi connectivity index (χ4v) is 6.85. The van der Waals surface area contributed by atoms with Gasteiger partial charge in [0.2, 0.25) is 5.88 Å². The summed E-state index contributed by atoms with van der Waals surface area (Å²) >= 11 is 0. The Morgan fingerprint density at radius 1 is 1.17 bits per heavy atom. The van der Waals surface area contributed by atoms with Crippen LogP contribution in [0, 0.1) is 18.3 Å². The van der Waals surface area contributed by atoms with Crippen LogP contribution in [-0.4, -0.2) is 63.7 Å². The smallest absolute Gasteiger partial charge is 0.397 e. The van der Waals surface area contributed by atoms with Crippen LogP contribution in [-0.2, 0) is 17.1 Å².